The molecule has 0 saturated carbocycles. The molecule has 0 bridgehead atoms. The molecule has 25 heavy (non-hydrogen) atoms. The van der Waals surface area contributed by atoms with Gasteiger partial charge in [0, 0.05) is 24.4 Å². The Morgan fingerprint density at radius 1 is 0.720 bits per heavy atom. The molecular formula is C22H18N2O. The standard InChI is InChI=1S/C22H18N2O/c1-3-8-17(9-4-1)13-14-20-21(18-10-5-2-6-11-18)24-22(25-20)19-12-7-15-23-16-19/h1-12,15-16H,13-14H2. The molecule has 0 aliphatic carbocycles. The highest BCUT2D eigenvalue weighted by Crippen LogP contribution is 2.29. The molecule has 2 heterocycles. The van der Waals surface area contributed by atoms with Crippen LogP contribution in [-0.2, 0) is 12.8 Å². The highest BCUT2D eigenvalue weighted by Gasteiger charge is 2.16. The van der Waals surface area contributed by atoms with Crippen molar-refractivity contribution in [3.8, 4) is 22.7 Å². The predicted molar refractivity (Wildman–Crippen MR) is 99.0 cm³/mol. The average molecular weight is 326 g/mol. The zero-order valence-corrected chi connectivity index (χ0v) is 13.8. The molecule has 4 rings (SSSR count). The molecule has 0 aliphatic rings. The van der Waals surface area contributed by atoms with Gasteiger partial charge in [-0.05, 0) is 24.1 Å². The lowest BCUT2D eigenvalue weighted by molar-refractivity contribution is 0.517. The first-order valence-corrected chi connectivity index (χ1v) is 8.39. The second-order valence-electron chi connectivity index (χ2n) is 5.88. The summed E-state index contributed by atoms with van der Waals surface area (Å²) in [5, 5.41) is 0. The molecule has 4 aromatic rings. The van der Waals surface area contributed by atoms with Crippen LogP contribution in [0, 0.1) is 0 Å². The first-order chi connectivity index (χ1) is 12.4. The number of benzene rings is 2. The van der Waals surface area contributed by atoms with Crippen LogP contribution in [0.4, 0.5) is 0 Å². The van der Waals surface area contributed by atoms with Crippen molar-refractivity contribution in [2.45, 2.75) is 12.8 Å². The van der Waals surface area contributed by atoms with Gasteiger partial charge in [-0.1, -0.05) is 60.7 Å². The van der Waals surface area contributed by atoms with Crippen molar-refractivity contribution in [2.24, 2.45) is 0 Å². The summed E-state index contributed by atoms with van der Waals surface area (Å²) in [6.07, 6.45) is 5.26. The van der Waals surface area contributed by atoms with Gasteiger partial charge in [-0.25, -0.2) is 4.98 Å². The maximum absolute atomic E-state index is 6.13. The van der Waals surface area contributed by atoms with E-state index in [0.29, 0.717) is 5.89 Å². The van der Waals surface area contributed by atoms with Crippen molar-refractivity contribution in [2.75, 3.05) is 0 Å². The number of aromatic nitrogens is 2. The number of hydrogen-bond acceptors (Lipinski definition) is 3. The topological polar surface area (TPSA) is 38.9 Å². The fourth-order valence-corrected chi connectivity index (χ4v) is 2.86. The second kappa shape index (κ2) is 7.14. The maximum atomic E-state index is 6.13. The van der Waals surface area contributed by atoms with E-state index in [4.69, 9.17) is 9.40 Å². The van der Waals surface area contributed by atoms with E-state index in [1.54, 1.807) is 12.4 Å². The Labute approximate surface area is 147 Å². The predicted octanol–water partition coefficient (Wildman–Crippen LogP) is 5.19. The van der Waals surface area contributed by atoms with E-state index in [2.05, 4.69) is 41.4 Å². The fraction of sp³-hybridized carbons (Fsp3) is 0.0909. The summed E-state index contributed by atoms with van der Waals surface area (Å²) in [5.41, 5.74) is 4.17. The van der Waals surface area contributed by atoms with Crippen molar-refractivity contribution < 1.29 is 4.42 Å². The Hall–Kier alpha value is -3.20. The molecule has 122 valence electrons. The third-order valence-electron chi connectivity index (χ3n) is 4.14. The molecule has 3 heteroatoms. The summed E-state index contributed by atoms with van der Waals surface area (Å²) in [4.78, 5) is 8.92. The smallest absolute Gasteiger partial charge is 0.228 e. The summed E-state index contributed by atoms with van der Waals surface area (Å²) in [5.74, 6) is 1.53. The van der Waals surface area contributed by atoms with Crippen molar-refractivity contribution >= 4 is 0 Å². The van der Waals surface area contributed by atoms with E-state index < -0.39 is 0 Å². The van der Waals surface area contributed by atoms with Crippen molar-refractivity contribution in [1.82, 2.24) is 9.97 Å². The minimum Gasteiger partial charge on any atom is -0.440 e. The zero-order chi connectivity index (χ0) is 16.9. The molecule has 0 aliphatic heterocycles. The van der Waals surface area contributed by atoms with Gasteiger partial charge in [-0.15, -0.1) is 0 Å². The van der Waals surface area contributed by atoms with E-state index >= 15 is 0 Å². The summed E-state index contributed by atoms with van der Waals surface area (Å²) in [6.45, 7) is 0. The van der Waals surface area contributed by atoms with Gasteiger partial charge in [0.05, 0.1) is 5.56 Å². The number of nitrogens with zero attached hydrogens (tertiary/aromatic N) is 2. The van der Waals surface area contributed by atoms with E-state index in [9.17, 15) is 0 Å². The molecule has 0 radical (unpaired) electrons. The Morgan fingerprint density at radius 2 is 1.44 bits per heavy atom. The van der Waals surface area contributed by atoms with Gasteiger partial charge >= 0.3 is 0 Å². The van der Waals surface area contributed by atoms with Gasteiger partial charge in [0.2, 0.25) is 5.89 Å². The van der Waals surface area contributed by atoms with Crippen LogP contribution in [0.5, 0.6) is 0 Å². The van der Waals surface area contributed by atoms with Gasteiger partial charge in [0.15, 0.2) is 0 Å². The molecule has 3 nitrogen and oxygen atoms in total. The van der Waals surface area contributed by atoms with E-state index in [1.807, 2.05) is 36.4 Å². The maximum Gasteiger partial charge on any atom is 0.228 e. The number of aryl methyl sites for hydroxylation is 2. The summed E-state index contributed by atoms with van der Waals surface area (Å²) in [7, 11) is 0. The monoisotopic (exact) mass is 326 g/mol. The first-order valence-electron chi connectivity index (χ1n) is 8.39. The molecule has 0 N–H and O–H groups in total. The number of pyridine rings is 1. The second-order valence-corrected chi connectivity index (χ2v) is 5.88. The van der Waals surface area contributed by atoms with E-state index in [0.717, 1.165) is 35.4 Å². The largest absolute Gasteiger partial charge is 0.440 e. The number of rotatable bonds is 5. The number of hydrogen-bond donors (Lipinski definition) is 0. The highest BCUT2D eigenvalue weighted by molar-refractivity contribution is 5.65. The minimum absolute atomic E-state index is 0.620. The van der Waals surface area contributed by atoms with Gasteiger partial charge < -0.3 is 4.42 Å². The third-order valence-corrected chi connectivity index (χ3v) is 4.14. The van der Waals surface area contributed by atoms with Crippen LogP contribution in [0.2, 0.25) is 0 Å². The van der Waals surface area contributed by atoms with Crippen LogP contribution in [0.3, 0.4) is 0 Å². The first kappa shape index (κ1) is 15.3. The van der Waals surface area contributed by atoms with Crippen LogP contribution in [0.1, 0.15) is 11.3 Å². The van der Waals surface area contributed by atoms with Crippen LogP contribution < -0.4 is 0 Å². The molecule has 0 spiro atoms. The molecule has 0 fully saturated rings. The zero-order valence-electron chi connectivity index (χ0n) is 13.8. The Morgan fingerprint density at radius 3 is 2.16 bits per heavy atom. The highest BCUT2D eigenvalue weighted by atomic mass is 16.4. The fourth-order valence-electron chi connectivity index (χ4n) is 2.86. The van der Waals surface area contributed by atoms with Gasteiger partial charge in [0.1, 0.15) is 11.5 Å². The van der Waals surface area contributed by atoms with Gasteiger partial charge in [0.25, 0.3) is 0 Å². The molecule has 0 unspecified atom stereocenters. The molecule has 2 aromatic heterocycles. The van der Waals surface area contributed by atoms with E-state index in [1.165, 1.54) is 5.56 Å². The molecule has 2 aromatic carbocycles. The summed E-state index contributed by atoms with van der Waals surface area (Å²) in [6, 6.07) is 24.5. The lowest BCUT2D eigenvalue weighted by Gasteiger charge is -2.02. The van der Waals surface area contributed by atoms with E-state index in [-0.39, 0.29) is 0 Å². The van der Waals surface area contributed by atoms with Crippen molar-refractivity contribution in [3.05, 3.63) is 96.5 Å². The van der Waals surface area contributed by atoms with Gasteiger partial charge in [-0.3, -0.25) is 4.98 Å². The Kier molecular flexibility index (Phi) is 4.38. The normalized spacial score (nSPS) is 10.7. The van der Waals surface area contributed by atoms with Crippen molar-refractivity contribution in [1.29, 1.82) is 0 Å². The molecular weight excluding hydrogens is 308 g/mol. The molecule has 0 atom stereocenters. The van der Waals surface area contributed by atoms with Crippen LogP contribution in [0.25, 0.3) is 22.7 Å². The number of oxazole rings is 1. The van der Waals surface area contributed by atoms with Crippen LogP contribution in [0.15, 0.2) is 89.6 Å². The third kappa shape index (κ3) is 3.50. The SMILES string of the molecule is c1ccc(CCc2oc(-c3cccnc3)nc2-c2ccccc2)cc1. The molecule has 0 amide bonds. The van der Waals surface area contributed by atoms with Gasteiger partial charge in [-0.2, -0.15) is 0 Å². The molecule has 0 saturated heterocycles. The Bertz CT molecular complexity index is 932. The average Bonchev–Trinajstić information content (AvgIpc) is 3.13. The van der Waals surface area contributed by atoms with Crippen LogP contribution >= 0.6 is 0 Å². The van der Waals surface area contributed by atoms with Crippen molar-refractivity contribution in [3.63, 3.8) is 0 Å². The quantitative estimate of drug-likeness (QED) is 0.507. The van der Waals surface area contributed by atoms with Crippen LogP contribution in [-0.4, -0.2) is 9.97 Å². The summed E-state index contributed by atoms with van der Waals surface area (Å²) < 4.78 is 6.13. The summed E-state index contributed by atoms with van der Waals surface area (Å²) >= 11 is 0. The Balaban J connectivity index is 1.69. The lowest BCUT2D eigenvalue weighted by Crippen LogP contribution is -1.92. The minimum atomic E-state index is 0.620. The lowest BCUT2D eigenvalue weighted by atomic mass is 10.1.